The molecule has 1 aliphatic rings. The Morgan fingerprint density at radius 3 is 2.88 bits per heavy atom. The molecule has 0 saturated carbocycles. The first-order valence-electron chi connectivity index (χ1n) is 8.11. The van der Waals surface area contributed by atoms with Crippen LogP contribution in [0.15, 0.2) is 39.9 Å². The molecule has 2 aromatic rings. The molecule has 0 aliphatic heterocycles. The van der Waals surface area contributed by atoms with E-state index in [1.165, 1.54) is 6.07 Å². The number of nitrogens with one attached hydrogen (secondary N) is 2. The van der Waals surface area contributed by atoms with Gasteiger partial charge in [-0.3, -0.25) is 4.79 Å². The Hall–Kier alpha value is -1.90. The fraction of sp³-hybridized carbons (Fsp3) is 0.353. The number of hydrogen-bond donors (Lipinski definition) is 3. The number of carbonyl (C=O) groups is 1. The normalized spacial score (nSPS) is 18.4. The molecule has 1 aliphatic carbocycles. The number of rotatable bonds is 5. The van der Waals surface area contributed by atoms with Crippen LogP contribution < -0.4 is 15.8 Å². The molecule has 2 unspecified atom stereocenters. The lowest BCUT2D eigenvalue weighted by Gasteiger charge is -2.28. The zero-order chi connectivity index (χ0) is 18.0. The number of nitrogen functional groups attached to an aromatic ring is 1. The van der Waals surface area contributed by atoms with Crippen LogP contribution in [0.4, 0.5) is 5.69 Å². The lowest BCUT2D eigenvalue weighted by molar-refractivity contribution is -0.123. The summed E-state index contributed by atoms with van der Waals surface area (Å²) in [5.41, 5.74) is 8.74. The summed E-state index contributed by atoms with van der Waals surface area (Å²) in [4.78, 5) is 12.5. The third kappa shape index (κ3) is 4.02. The summed E-state index contributed by atoms with van der Waals surface area (Å²) >= 11 is 1.12. The van der Waals surface area contributed by atoms with Crippen molar-refractivity contribution in [2.45, 2.75) is 42.5 Å². The molecule has 1 amide bonds. The largest absolute Gasteiger partial charge is 0.399 e. The lowest BCUT2D eigenvalue weighted by atomic mass is 9.87. The van der Waals surface area contributed by atoms with Crippen LogP contribution >= 0.6 is 11.3 Å². The Morgan fingerprint density at radius 1 is 1.36 bits per heavy atom. The van der Waals surface area contributed by atoms with Gasteiger partial charge in [0.25, 0.3) is 10.0 Å². The summed E-state index contributed by atoms with van der Waals surface area (Å²) in [6.07, 6.45) is 2.72. The van der Waals surface area contributed by atoms with E-state index in [1.807, 2.05) is 18.2 Å². The van der Waals surface area contributed by atoms with Crippen LogP contribution in [0.3, 0.4) is 0 Å². The van der Waals surface area contributed by atoms with E-state index in [0.717, 1.165) is 41.7 Å². The van der Waals surface area contributed by atoms with Gasteiger partial charge in [-0.05, 0) is 60.9 Å². The van der Waals surface area contributed by atoms with Crippen LogP contribution in [-0.4, -0.2) is 20.4 Å². The molecule has 4 N–H and O–H groups in total. The van der Waals surface area contributed by atoms with E-state index in [2.05, 4.69) is 10.0 Å². The number of thiophene rings is 1. The summed E-state index contributed by atoms with van der Waals surface area (Å²) in [7, 11) is -3.68. The van der Waals surface area contributed by atoms with Crippen LogP contribution in [0.5, 0.6) is 0 Å². The summed E-state index contributed by atoms with van der Waals surface area (Å²) < 4.78 is 27.1. The molecule has 0 bridgehead atoms. The molecule has 0 spiro atoms. The van der Waals surface area contributed by atoms with E-state index in [0.29, 0.717) is 5.69 Å². The highest BCUT2D eigenvalue weighted by Crippen LogP contribution is 2.31. The molecule has 6 nitrogen and oxygen atoms in total. The molecule has 1 aromatic carbocycles. The average molecular weight is 380 g/mol. The Kier molecular flexibility index (Phi) is 5.12. The van der Waals surface area contributed by atoms with Gasteiger partial charge < -0.3 is 11.1 Å². The number of fused-ring (bicyclic) bond motifs is 1. The van der Waals surface area contributed by atoms with Gasteiger partial charge in [0.05, 0.1) is 12.1 Å². The van der Waals surface area contributed by atoms with E-state index >= 15 is 0 Å². The molecule has 3 rings (SSSR count). The number of hydrogen-bond acceptors (Lipinski definition) is 5. The van der Waals surface area contributed by atoms with Crippen LogP contribution in [-0.2, 0) is 21.2 Å². The van der Waals surface area contributed by atoms with Gasteiger partial charge in [-0.2, -0.15) is 4.72 Å². The molecular weight excluding hydrogens is 358 g/mol. The molecule has 0 saturated heterocycles. The number of anilines is 1. The number of carbonyl (C=O) groups excluding carboxylic acids is 1. The van der Waals surface area contributed by atoms with Gasteiger partial charge in [-0.25, -0.2) is 8.42 Å². The van der Waals surface area contributed by atoms with Crippen molar-refractivity contribution in [2.75, 3.05) is 5.73 Å². The number of benzene rings is 1. The number of aryl methyl sites for hydroxylation is 1. The van der Waals surface area contributed by atoms with Crippen molar-refractivity contribution in [3.63, 3.8) is 0 Å². The second-order valence-corrected chi connectivity index (χ2v) is 9.08. The highest BCUT2D eigenvalue weighted by atomic mass is 32.2. The van der Waals surface area contributed by atoms with Crippen LogP contribution in [0.1, 0.15) is 36.9 Å². The Labute approximate surface area is 151 Å². The Bertz CT molecular complexity index is 863. The minimum atomic E-state index is -3.68. The highest BCUT2D eigenvalue weighted by molar-refractivity contribution is 7.91. The molecule has 2 atom stereocenters. The average Bonchev–Trinajstić information content (AvgIpc) is 3.09. The zero-order valence-corrected chi connectivity index (χ0v) is 15.5. The van der Waals surface area contributed by atoms with Gasteiger partial charge in [-0.15, -0.1) is 11.3 Å². The second-order valence-electron chi connectivity index (χ2n) is 6.19. The van der Waals surface area contributed by atoms with Crippen molar-refractivity contribution >= 4 is 33.0 Å². The SMILES string of the molecule is CC(NS(=O)(=O)c1cccs1)C(=O)NC1CCCc2cc(N)ccc21. The summed E-state index contributed by atoms with van der Waals surface area (Å²) in [6.45, 7) is 1.55. The molecule has 1 heterocycles. The van der Waals surface area contributed by atoms with Crippen LogP contribution in [0, 0.1) is 0 Å². The van der Waals surface area contributed by atoms with Crippen LogP contribution in [0.2, 0.25) is 0 Å². The number of sulfonamides is 1. The van der Waals surface area contributed by atoms with Crippen molar-refractivity contribution in [3.05, 3.63) is 46.8 Å². The van der Waals surface area contributed by atoms with Gasteiger partial charge in [0, 0.05) is 5.69 Å². The van der Waals surface area contributed by atoms with Crippen molar-refractivity contribution in [1.82, 2.24) is 10.0 Å². The molecule has 8 heteroatoms. The quantitative estimate of drug-likeness (QED) is 0.693. The standard InChI is InChI=1S/C17H21N3O3S2/c1-11(20-25(22,23)16-6-3-9-24-16)17(21)19-15-5-2-4-12-10-13(18)7-8-14(12)15/h3,6-11,15,20H,2,4-5,18H2,1H3,(H,19,21). The maximum Gasteiger partial charge on any atom is 0.250 e. The summed E-state index contributed by atoms with van der Waals surface area (Å²) in [6, 6.07) is 7.91. The smallest absolute Gasteiger partial charge is 0.250 e. The first kappa shape index (κ1) is 17.9. The predicted octanol–water partition coefficient (Wildman–Crippen LogP) is 2.19. The van der Waals surface area contributed by atoms with E-state index in [9.17, 15) is 13.2 Å². The lowest BCUT2D eigenvalue weighted by Crippen LogP contribution is -2.46. The van der Waals surface area contributed by atoms with Crippen LogP contribution in [0.25, 0.3) is 0 Å². The van der Waals surface area contributed by atoms with Crippen molar-refractivity contribution in [1.29, 1.82) is 0 Å². The minimum absolute atomic E-state index is 0.120. The Balaban J connectivity index is 1.69. The monoisotopic (exact) mass is 379 g/mol. The molecule has 0 radical (unpaired) electrons. The molecule has 134 valence electrons. The van der Waals surface area contributed by atoms with Crippen molar-refractivity contribution < 1.29 is 13.2 Å². The fourth-order valence-electron chi connectivity index (χ4n) is 3.04. The topological polar surface area (TPSA) is 101 Å². The van der Waals surface area contributed by atoms with E-state index in [1.54, 1.807) is 18.4 Å². The third-order valence-electron chi connectivity index (χ3n) is 4.28. The van der Waals surface area contributed by atoms with Gasteiger partial charge in [0.1, 0.15) is 4.21 Å². The van der Waals surface area contributed by atoms with Gasteiger partial charge in [0.15, 0.2) is 0 Å². The third-order valence-corrected chi connectivity index (χ3v) is 7.22. The summed E-state index contributed by atoms with van der Waals surface area (Å²) in [5.74, 6) is -0.338. The minimum Gasteiger partial charge on any atom is -0.399 e. The number of nitrogens with two attached hydrogens (primary N) is 1. The fourth-order valence-corrected chi connectivity index (χ4v) is 5.25. The van der Waals surface area contributed by atoms with E-state index in [4.69, 9.17) is 5.73 Å². The van der Waals surface area contributed by atoms with Crippen molar-refractivity contribution in [2.24, 2.45) is 0 Å². The molecule has 1 aromatic heterocycles. The second kappa shape index (κ2) is 7.15. The molecule has 25 heavy (non-hydrogen) atoms. The van der Waals surface area contributed by atoms with Gasteiger partial charge >= 0.3 is 0 Å². The van der Waals surface area contributed by atoms with Crippen molar-refractivity contribution in [3.8, 4) is 0 Å². The molecule has 0 fully saturated rings. The van der Waals surface area contributed by atoms with E-state index < -0.39 is 16.1 Å². The predicted molar refractivity (Wildman–Crippen MR) is 98.8 cm³/mol. The first-order valence-corrected chi connectivity index (χ1v) is 10.5. The zero-order valence-electron chi connectivity index (χ0n) is 13.9. The maximum atomic E-state index is 12.5. The summed E-state index contributed by atoms with van der Waals surface area (Å²) in [5, 5.41) is 4.64. The van der Waals surface area contributed by atoms with Gasteiger partial charge in [0.2, 0.25) is 5.91 Å². The Morgan fingerprint density at radius 2 is 2.16 bits per heavy atom. The molecular formula is C17H21N3O3S2. The number of amides is 1. The highest BCUT2D eigenvalue weighted by Gasteiger charge is 2.27. The van der Waals surface area contributed by atoms with Gasteiger partial charge in [-0.1, -0.05) is 12.1 Å². The maximum absolute atomic E-state index is 12.5. The van der Waals surface area contributed by atoms with E-state index in [-0.39, 0.29) is 16.2 Å². The first-order chi connectivity index (χ1) is 11.9.